The van der Waals surface area contributed by atoms with Crippen LogP contribution < -0.4 is 5.01 Å². The van der Waals surface area contributed by atoms with Crippen LogP contribution in [-0.2, 0) is 9.84 Å². The van der Waals surface area contributed by atoms with Gasteiger partial charge < -0.3 is 0 Å². The van der Waals surface area contributed by atoms with Gasteiger partial charge in [0.25, 0.3) is 0 Å². The zero-order chi connectivity index (χ0) is 19.9. The first kappa shape index (κ1) is 18.3. The number of benzene rings is 3. The van der Waals surface area contributed by atoms with Gasteiger partial charge in [-0.3, -0.25) is 4.79 Å². The summed E-state index contributed by atoms with van der Waals surface area (Å²) in [6.45, 7) is 0. The Morgan fingerprint density at radius 1 is 0.964 bits per heavy atom. The second kappa shape index (κ2) is 6.85. The number of anilines is 2. The summed E-state index contributed by atoms with van der Waals surface area (Å²) in [6.07, 6.45) is 0. The van der Waals surface area contributed by atoms with Gasteiger partial charge in [0.1, 0.15) is 5.82 Å². The number of rotatable bonds is 3. The molecule has 5 nitrogen and oxygen atoms in total. The molecule has 8 heteroatoms. The quantitative estimate of drug-likeness (QED) is 0.464. The maximum Gasteiger partial charge on any atom is 0.231 e. The summed E-state index contributed by atoms with van der Waals surface area (Å²) in [7, 11) is -4.23. The van der Waals surface area contributed by atoms with Gasteiger partial charge in [-0.1, -0.05) is 41.9 Å². The third kappa shape index (κ3) is 3.08. The van der Waals surface area contributed by atoms with Crippen molar-refractivity contribution in [1.29, 1.82) is 0 Å². The van der Waals surface area contributed by atoms with Crippen molar-refractivity contribution in [2.45, 2.75) is 4.90 Å². The second-order valence-corrected chi connectivity index (χ2v) is 8.27. The van der Waals surface area contributed by atoms with Crippen molar-refractivity contribution in [1.82, 2.24) is 0 Å². The molecule has 28 heavy (non-hydrogen) atoms. The Labute approximate surface area is 165 Å². The van der Waals surface area contributed by atoms with Gasteiger partial charge in [-0.25, -0.2) is 17.8 Å². The van der Waals surface area contributed by atoms with E-state index in [0.717, 1.165) is 18.2 Å². The standard InChI is InChI=1S/C20H12ClFN2O3S/c21-14-6-9-16(10-7-14)24-17-12-15(22)8-11-18(17)28(26,27)20(23-24)19(25)13-4-2-1-3-5-13/h1-12H. The Morgan fingerprint density at radius 2 is 1.64 bits per heavy atom. The van der Waals surface area contributed by atoms with Gasteiger partial charge in [-0.05, 0) is 36.4 Å². The number of carbonyl (C=O) groups excluding carboxylic acids is 1. The minimum Gasteiger partial charge on any atom is -0.286 e. The Kier molecular flexibility index (Phi) is 4.49. The molecule has 0 aromatic heterocycles. The maximum absolute atomic E-state index is 13.9. The predicted molar refractivity (Wildman–Crippen MR) is 105 cm³/mol. The van der Waals surface area contributed by atoms with Gasteiger partial charge in [0.2, 0.25) is 20.7 Å². The van der Waals surface area contributed by atoms with Crippen LogP contribution in [0.3, 0.4) is 0 Å². The number of fused-ring (bicyclic) bond motifs is 1. The molecule has 0 amide bonds. The molecule has 4 rings (SSSR count). The Morgan fingerprint density at radius 3 is 2.32 bits per heavy atom. The normalized spacial score (nSPS) is 14.9. The fraction of sp³-hybridized carbons (Fsp3) is 0. The molecule has 0 atom stereocenters. The molecule has 0 saturated heterocycles. The number of nitrogens with zero attached hydrogens (tertiary/aromatic N) is 2. The molecule has 3 aromatic rings. The molecule has 0 unspecified atom stereocenters. The minimum absolute atomic E-state index is 0.0203. The largest absolute Gasteiger partial charge is 0.286 e. The van der Waals surface area contributed by atoms with Crippen molar-refractivity contribution in [3.8, 4) is 0 Å². The first-order chi connectivity index (χ1) is 13.4. The molecule has 140 valence electrons. The van der Waals surface area contributed by atoms with Crippen molar-refractivity contribution in [3.63, 3.8) is 0 Å². The number of ketones is 1. The number of hydrazone groups is 1. The van der Waals surface area contributed by atoms with Crippen LogP contribution in [-0.4, -0.2) is 19.2 Å². The minimum atomic E-state index is -4.23. The Hall–Kier alpha value is -3.03. The van der Waals surface area contributed by atoms with E-state index >= 15 is 0 Å². The molecule has 0 radical (unpaired) electrons. The highest BCUT2D eigenvalue weighted by Gasteiger charge is 2.38. The fourth-order valence-electron chi connectivity index (χ4n) is 2.85. The van der Waals surface area contributed by atoms with Crippen LogP contribution in [0.5, 0.6) is 0 Å². The highest BCUT2D eigenvalue weighted by atomic mass is 35.5. The van der Waals surface area contributed by atoms with Crippen molar-refractivity contribution in [2.75, 3.05) is 5.01 Å². The van der Waals surface area contributed by atoms with Crippen molar-refractivity contribution in [2.24, 2.45) is 5.10 Å². The first-order valence-electron chi connectivity index (χ1n) is 8.16. The molecule has 0 saturated carbocycles. The van der Waals surface area contributed by atoms with E-state index in [1.807, 2.05) is 0 Å². The number of halogens is 2. The van der Waals surface area contributed by atoms with Crippen LogP contribution >= 0.6 is 11.6 Å². The zero-order valence-corrected chi connectivity index (χ0v) is 15.8. The van der Waals surface area contributed by atoms with Gasteiger partial charge in [0, 0.05) is 16.7 Å². The van der Waals surface area contributed by atoms with E-state index in [1.165, 1.54) is 17.1 Å². The summed E-state index contributed by atoms with van der Waals surface area (Å²) >= 11 is 5.92. The number of Topliss-reactive ketones (excluding diaryl/α,β-unsaturated/α-hetero) is 1. The molecule has 0 bridgehead atoms. The summed E-state index contributed by atoms with van der Waals surface area (Å²) in [6, 6.07) is 17.6. The van der Waals surface area contributed by atoms with Gasteiger partial charge in [-0.2, -0.15) is 5.10 Å². The fourth-order valence-corrected chi connectivity index (χ4v) is 4.40. The summed E-state index contributed by atoms with van der Waals surface area (Å²) in [5.41, 5.74) is 0.642. The summed E-state index contributed by atoms with van der Waals surface area (Å²) in [4.78, 5) is 12.7. The van der Waals surface area contributed by atoms with E-state index in [4.69, 9.17) is 11.6 Å². The summed E-state index contributed by atoms with van der Waals surface area (Å²) in [5, 5.41) is 5.16. The van der Waals surface area contributed by atoms with E-state index in [2.05, 4.69) is 5.10 Å². The molecule has 1 heterocycles. The topological polar surface area (TPSA) is 66.8 Å². The number of hydrogen-bond acceptors (Lipinski definition) is 5. The van der Waals surface area contributed by atoms with Crippen molar-refractivity contribution in [3.05, 3.63) is 89.2 Å². The number of sulfone groups is 1. The van der Waals surface area contributed by atoms with E-state index in [0.29, 0.717) is 10.7 Å². The lowest BCUT2D eigenvalue weighted by Gasteiger charge is -2.27. The SMILES string of the molecule is O=C(C1=NN(c2ccc(Cl)cc2)c2cc(F)ccc2S1(=O)=O)c1ccccc1. The van der Waals surface area contributed by atoms with Crippen LogP contribution in [0.2, 0.25) is 5.02 Å². The van der Waals surface area contributed by atoms with Crippen molar-refractivity contribution < 1.29 is 17.6 Å². The zero-order valence-electron chi connectivity index (χ0n) is 14.2. The van der Waals surface area contributed by atoms with Gasteiger partial charge in [0.05, 0.1) is 16.3 Å². The number of hydrogen-bond donors (Lipinski definition) is 0. The molecular formula is C20H12ClFN2O3S. The molecule has 0 fully saturated rings. The monoisotopic (exact) mass is 414 g/mol. The van der Waals surface area contributed by atoms with Crippen LogP contribution in [0.4, 0.5) is 15.8 Å². The van der Waals surface area contributed by atoms with E-state index in [-0.39, 0.29) is 16.1 Å². The van der Waals surface area contributed by atoms with Crippen LogP contribution in [0.15, 0.2) is 82.8 Å². The average Bonchev–Trinajstić information content (AvgIpc) is 2.69. The average molecular weight is 415 g/mol. The predicted octanol–water partition coefficient (Wildman–Crippen LogP) is 4.60. The second-order valence-electron chi connectivity index (χ2n) is 6.00. The third-order valence-corrected chi connectivity index (χ3v) is 6.14. The van der Waals surface area contributed by atoms with Gasteiger partial charge in [-0.15, -0.1) is 0 Å². The van der Waals surface area contributed by atoms with Gasteiger partial charge in [0.15, 0.2) is 0 Å². The third-order valence-electron chi connectivity index (χ3n) is 4.19. The molecular weight excluding hydrogens is 403 g/mol. The highest BCUT2D eigenvalue weighted by molar-refractivity contribution is 8.08. The summed E-state index contributed by atoms with van der Waals surface area (Å²) in [5.74, 6) is -1.37. The Bertz CT molecular complexity index is 1210. The Balaban J connectivity index is 1.95. The van der Waals surface area contributed by atoms with Crippen LogP contribution in [0.25, 0.3) is 0 Å². The lowest BCUT2D eigenvalue weighted by molar-refractivity contribution is 0.106. The highest BCUT2D eigenvalue weighted by Crippen LogP contribution is 2.38. The first-order valence-corrected chi connectivity index (χ1v) is 10.0. The maximum atomic E-state index is 13.9. The smallest absolute Gasteiger partial charge is 0.231 e. The van der Waals surface area contributed by atoms with Crippen molar-refractivity contribution >= 4 is 43.6 Å². The molecule has 0 spiro atoms. The van der Waals surface area contributed by atoms with Crippen LogP contribution in [0.1, 0.15) is 10.4 Å². The summed E-state index contributed by atoms with van der Waals surface area (Å²) < 4.78 is 39.9. The van der Waals surface area contributed by atoms with Crippen LogP contribution in [0, 0.1) is 5.82 Å². The van der Waals surface area contributed by atoms with E-state index in [9.17, 15) is 17.6 Å². The lowest BCUT2D eigenvalue weighted by Crippen LogP contribution is -2.33. The van der Waals surface area contributed by atoms with E-state index in [1.54, 1.807) is 42.5 Å². The molecule has 3 aromatic carbocycles. The lowest BCUT2D eigenvalue weighted by atomic mass is 10.1. The number of carbonyl (C=O) groups is 1. The van der Waals surface area contributed by atoms with Gasteiger partial charge >= 0.3 is 0 Å². The van der Waals surface area contributed by atoms with E-state index < -0.39 is 26.5 Å². The molecule has 0 aliphatic carbocycles. The molecule has 1 aliphatic heterocycles. The molecule has 1 aliphatic rings. The molecule has 0 N–H and O–H groups in total.